The lowest BCUT2D eigenvalue weighted by molar-refractivity contribution is 0.0949. The number of para-hydroxylation sites is 2. The minimum atomic E-state index is -0.0768. The Morgan fingerprint density at radius 2 is 1.66 bits per heavy atom. The van der Waals surface area contributed by atoms with E-state index >= 15 is 0 Å². The highest BCUT2D eigenvalue weighted by atomic mass is 79.9. The van der Waals surface area contributed by atoms with Gasteiger partial charge in [0.2, 0.25) is 0 Å². The van der Waals surface area contributed by atoms with Gasteiger partial charge in [0.05, 0.1) is 17.6 Å². The van der Waals surface area contributed by atoms with Crippen molar-refractivity contribution < 1.29 is 4.79 Å². The predicted octanol–water partition coefficient (Wildman–Crippen LogP) is 6.48. The van der Waals surface area contributed by atoms with Crippen LogP contribution in [0.4, 0.5) is 0 Å². The Hall–Kier alpha value is -2.14. The van der Waals surface area contributed by atoms with Crippen LogP contribution in [0.3, 0.4) is 0 Å². The average Bonchev–Trinajstić information content (AvgIpc) is 3.09. The zero-order valence-electron chi connectivity index (χ0n) is 17.2. The number of aryl methyl sites for hydroxylation is 1. The Morgan fingerprint density at radius 1 is 0.966 bits per heavy atom. The number of rotatable bonds is 11. The van der Waals surface area contributed by atoms with Crippen molar-refractivity contribution in [3.8, 4) is 0 Å². The molecule has 5 heteroatoms. The summed E-state index contributed by atoms with van der Waals surface area (Å²) >= 11 is 3.40. The van der Waals surface area contributed by atoms with Crippen molar-refractivity contribution in [1.29, 1.82) is 0 Å². The summed E-state index contributed by atoms with van der Waals surface area (Å²) in [4.78, 5) is 17.3. The maximum Gasteiger partial charge on any atom is 0.251 e. The fourth-order valence-electron chi connectivity index (χ4n) is 3.60. The minimum Gasteiger partial charge on any atom is -0.345 e. The molecule has 0 fully saturated rings. The number of nitrogens with one attached hydrogen (secondary N) is 1. The van der Waals surface area contributed by atoms with E-state index in [1.807, 2.05) is 36.4 Å². The van der Waals surface area contributed by atoms with Gasteiger partial charge in [-0.1, -0.05) is 73.5 Å². The second kappa shape index (κ2) is 11.1. The van der Waals surface area contributed by atoms with Crippen molar-refractivity contribution >= 4 is 32.9 Å². The van der Waals surface area contributed by atoms with E-state index in [4.69, 9.17) is 4.98 Å². The van der Waals surface area contributed by atoms with Crippen LogP contribution in [0.15, 0.2) is 53.0 Å². The number of amides is 1. The monoisotopic (exact) mass is 455 g/mol. The van der Waals surface area contributed by atoms with Gasteiger partial charge in [-0.15, -0.1) is 0 Å². The molecular weight excluding hydrogens is 426 g/mol. The van der Waals surface area contributed by atoms with Gasteiger partial charge in [-0.2, -0.15) is 0 Å². The molecule has 0 radical (unpaired) electrons. The smallest absolute Gasteiger partial charge is 0.251 e. The van der Waals surface area contributed by atoms with E-state index in [9.17, 15) is 4.79 Å². The normalized spacial score (nSPS) is 11.1. The maximum absolute atomic E-state index is 12.5. The third-order valence-electron chi connectivity index (χ3n) is 5.23. The maximum atomic E-state index is 12.5. The third-order valence-corrected chi connectivity index (χ3v) is 5.76. The highest BCUT2D eigenvalue weighted by Gasteiger charge is 2.12. The Kier molecular flexibility index (Phi) is 8.29. The van der Waals surface area contributed by atoms with Gasteiger partial charge in [0, 0.05) is 16.6 Å². The summed E-state index contributed by atoms with van der Waals surface area (Å²) in [5.74, 6) is 0.842. The lowest BCUT2D eigenvalue weighted by Crippen LogP contribution is -2.24. The molecule has 3 aromatic rings. The summed E-state index contributed by atoms with van der Waals surface area (Å²) in [6.45, 7) is 3.62. The number of unbranched alkanes of at least 4 members (excludes halogenated alkanes) is 6. The highest BCUT2D eigenvalue weighted by molar-refractivity contribution is 9.10. The van der Waals surface area contributed by atoms with Gasteiger partial charge in [-0.05, 0) is 42.8 Å². The molecule has 0 saturated heterocycles. The zero-order chi connectivity index (χ0) is 20.5. The van der Waals surface area contributed by atoms with Crippen LogP contribution in [0.25, 0.3) is 11.0 Å². The van der Waals surface area contributed by atoms with Gasteiger partial charge in [-0.3, -0.25) is 4.79 Å². The predicted molar refractivity (Wildman–Crippen MR) is 123 cm³/mol. The quantitative estimate of drug-likeness (QED) is 0.336. The molecule has 0 unspecified atom stereocenters. The summed E-state index contributed by atoms with van der Waals surface area (Å²) in [5, 5.41) is 3.02. The molecule has 1 aromatic heterocycles. The Morgan fingerprint density at radius 3 is 2.41 bits per heavy atom. The van der Waals surface area contributed by atoms with Gasteiger partial charge in [0.15, 0.2) is 0 Å². The van der Waals surface area contributed by atoms with E-state index in [0.717, 1.165) is 34.3 Å². The molecule has 1 amide bonds. The largest absolute Gasteiger partial charge is 0.345 e. The molecule has 1 N–H and O–H groups in total. The van der Waals surface area contributed by atoms with Crippen LogP contribution in [0, 0.1) is 0 Å². The molecule has 1 heterocycles. The molecule has 0 saturated carbocycles. The molecule has 4 nitrogen and oxygen atoms in total. The molecule has 2 aromatic carbocycles. The molecule has 0 atom stereocenters. The topological polar surface area (TPSA) is 46.9 Å². The van der Waals surface area contributed by atoms with Crippen LogP contribution in [0.2, 0.25) is 0 Å². The van der Waals surface area contributed by atoms with E-state index in [1.165, 1.54) is 38.5 Å². The number of hydrogen-bond acceptors (Lipinski definition) is 2. The lowest BCUT2D eigenvalue weighted by Gasteiger charge is -2.10. The summed E-state index contributed by atoms with van der Waals surface area (Å²) in [6, 6.07) is 15.6. The Bertz CT molecular complexity index is 918. The van der Waals surface area contributed by atoms with E-state index in [0.29, 0.717) is 12.1 Å². The summed E-state index contributed by atoms with van der Waals surface area (Å²) < 4.78 is 3.23. The number of carbonyl (C=O) groups excluding carboxylic acids is 1. The Balaban J connectivity index is 1.61. The number of fused-ring (bicyclic) bond motifs is 1. The van der Waals surface area contributed by atoms with Crippen molar-refractivity contribution in [3.63, 3.8) is 0 Å². The van der Waals surface area contributed by atoms with Crippen molar-refractivity contribution in [2.45, 2.75) is 65.0 Å². The van der Waals surface area contributed by atoms with E-state index in [2.05, 4.69) is 44.9 Å². The molecule has 0 aliphatic heterocycles. The second-order valence-corrected chi connectivity index (χ2v) is 8.39. The first-order valence-electron chi connectivity index (χ1n) is 10.7. The zero-order valence-corrected chi connectivity index (χ0v) is 18.7. The molecule has 0 aliphatic rings. The highest BCUT2D eigenvalue weighted by Crippen LogP contribution is 2.18. The van der Waals surface area contributed by atoms with Gasteiger partial charge in [0.1, 0.15) is 5.82 Å². The molecule has 0 aliphatic carbocycles. The fourth-order valence-corrected chi connectivity index (χ4v) is 3.86. The van der Waals surface area contributed by atoms with Crippen molar-refractivity contribution in [2.24, 2.45) is 0 Å². The molecule has 29 heavy (non-hydrogen) atoms. The first kappa shape index (κ1) is 21.6. The van der Waals surface area contributed by atoms with Crippen LogP contribution in [0.1, 0.15) is 68.1 Å². The first-order valence-corrected chi connectivity index (χ1v) is 11.5. The standard InChI is InChI=1S/C24H30BrN3O/c1-2-3-4-5-6-7-10-17-28-22-12-9-8-11-21(22)27-23(28)18-26-24(29)19-13-15-20(25)16-14-19/h8-9,11-16H,2-7,10,17-18H2,1H3,(H,26,29). The van der Waals surface area contributed by atoms with Crippen molar-refractivity contribution in [1.82, 2.24) is 14.9 Å². The Labute approximate surface area is 181 Å². The van der Waals surface area contributed by atoms with Crippen LogP contribution in [0.5, 0.6) is 0 Å². The van der Waals surface area contributed by atoms with Crippen LogP contribution < -0.4 is 5.32 Å². The average molecular weight is 456 g/mol. The number of nitrogens with zero attached hydrogens (tertiary/aromatic N) is 2. The number of carbonyl (C=O) groups is 1. The van der Waals surface area contributed by atoms with Gasteiger partial charge >= 0.3 is 0 Å². The fraction of sp³-hybridized carbons (Fsp3) is 0.417. The number of hydrogen-bond donors (Lipinski definition) is 1. The van der Waals surface area contributed by atoms with E-state index in [-0.39, 0.29) is 5.91 Å². The molecule has 0 spiro atoms. The van der Waals surface area contributed by atoms with Crippen LogP contribution in [-0.2, 0) is 13.1 Å². The molecular formula is C24H30BrN3O. The minimum absolute atomic E-state index is 0.0768. The van der Waals surface area contributed by atoms with Crippen molar-refractivity contribution in [3.05, 3.63) is 64.4 Å². The van der Waals surface area contributed by atoms with Gasteiger partial charge in [0.25, 0.3) is 5.91 Å². The second-order valence-electron chi connectivity index (χ2n) is 7.48. The van der Waals surface area contributed by atoms with Crippen LogP contribution in [-0.4, -0.2) is 15.5 Å². The van der Waals surface area contributed by atoms with Gasteiger partial charge < -0.3 is 9.88 Å². The van der Waals surface area contributed by atoms with E-state index in [1.54, 1.807) is 0 Å². The first-order chi connectivity index (χ1) is 14.2. The SMILES string of the molecule is CCCCCCCCCn1c(CNC(=O)c2ccc(Br)cc2)nc2ccccc21. The lowest BCUT2D eigenvalue weighted by atomic mass is 10.1. The van der Waals surface area contributed by atoms with Crippen molar-refractivity contribution in [2.75, 3.05) is 0 Å². The molecule has 154 valence electrons. The molecule has 0 bridgehead atoms. The van der Waals surface area contributed by atoms with E-state index < -0.39 is 0 Å². The third kappa shape index (κ3) is 6.17. The molecule has 3 rings (SSSR count). The number of aromatic nitrogens is 2. The number of imidazole rings is 1. The van der Waals surface area contributed by atoms with Crippen LogP contribution >= 0.6 is 15.9 Å². The summed E-state index contributed by atoms with van der Waals surface area (Å²) in [6.07, 6.45) is 8.97. The summed E-state index contributed by atoms with van der Waals surface area (Å²) in [7, 11) is 0. The van der Waals surface area contributed by atoms with Gasteiger partial charge in [-0.25, -0.2) is 4.98 Å². The number of benzene rings is 2. The summed E-state index contributed by atoms with van der Waals surface area (Å²) in [5.41, 5.74) is 2.79. The number of halogens is 1.